The first-order chi connectivity index (χ1) is 9.38. The standard InChI is InChI=1S/C13H14N4S2/c1-2-14-9-11-12(16-13-17(11)7-8-18-13)19-10-3-5-15-6-4-10/h3-8,14H,2,9H2,1H3. The van der Waals surface area contributed by atoms with E-state index in [4.69, 9.17) is 4.98 Å². The summed E-state index contributed by atoms with van der Waals surface area (Å²) in [5.74, 6) is 0. The Kier molecular flexibility index (Phi) is 3.82. The summed E-state index contributed by atoms with van der Waals surface area (Å²) in [5, 5.41) is 6.51. The summed E-state index contributed by atoms with van der Waals surface area (Å²) in [7, 11) is 0. The predicted octanol–water partition coefficient (Wildman–Crippen LogP) is 3.05. The minimum absolute atomic E-state index is 0.835. The summed E-state index contributed by atoms with van der Waals surface area (Å²) in [5.41, 5.74) is 1.22. The fourth-order valence-electron chi connectivity index (χ4n) is 1.82. The SMILES string of the molecule is CCNCc1c(Sc2ccncc2)nc2sccn12. The first-order valence-electron chi connectivity index (χ1n) is 6.11. The lowest BCUT2D eigenvalue weighted by Crippen LogP contribution is -2.13. The molecule has 0 saturated heterocycles. The Bertz CT molecular complexity index is 660. The van der Waals surface area contributed by atoms with Crippen LogP contribution < -0.4 is 5.32 Å². The molecule has 0 radical (unpaired) electrons. The molecule has 1 N–H and O–H groups in total. The maximum absolute atomic E-state index is 4.70. The third-order valence-corrected chi connectivity index (χ3v) is 4.52. The second-order valence-electron chi connectivity index (χ2n) is 3.98. The fourth-order valence-corrected chi connectivity index (χ4v) is 3.51. The first kappa shape index (κ1) is 12.7. The molecule has 3 heterocycles. The van der Waals surface area contributed by atoms with Crippen LogP contribution in [0.25, 0.3) is 4.96 Å². The van der Waals surface area contributed by atoms with E-state index in [1.54, 1.807) is 23.1 Å². The van der Waals surface area contributed by atoms with Gasteiger partial charge in [-0.1, -0.05) is 18.7 Å². The molecular weight excluding hydrogens is 276 g/mol. The number of aromatic nitrogens is 3. The van der Waals surface area contributed by atoms with Crippen LogP contribution in [0.4, 0.5) is 0 Å². The quantitative estimate of drug-likeness (QED) is 0.784. The lowest BCUT2D eigenvalue weighted by molar-refractivity contribution is 0.694. The topological polar surface area (TPSA) is 42.2 Å². The Balaban J connectivity index is 1.95. The normalized spacial score (nSPS) is 11.2. The summed E-state index contributed by atoms with van der Waals surface area (Å²) in [6.07, 6.45) is 5.70. The van der Waals surface area contributed by atoms with Gasteiger partial charge in [-0.2, -0.15) is 0 Å². The van der Waals surface area contributed by atoms with Crippen LogP contribution >= 0.6 is 23.1 Å². The molecule has 3 aromatic rings. The highest BCUT2D eigenvalue weighted by molar-refractivity contribution is 7.99. The van der Waals surface area contributed by atoms with Crippen molar-refractivity contribution in [1.82, 2.24) is 19.7 Å². The smallest absolute Gasteiger partial charge is 0.194 e. The molecule has 0 aromatic carbocycles. The third kappa shape index (κ3) is 2.65. The number of thiazole rings is 1. The fraction of sp³-hybridized carbons (Fsp3) is 0.231. The highest BCUT2D eigenvalue weighted by Gasteiger charge is 2.13. The summed E-state index contributed by atoms with van der Waals surface area (Å²) < 4.78 is 2.16. The van der Waals surface area contributed by atoms with Gasteiger partial charge >= 0.3 is 0 Å². The molecule has 0 atom stereocenters. The van der Waals surface area contributed by atoms with E-state index in [0.717, 1.165) is 23.1 Å². The van der Waals surface area contributed by atoms with Crippen molar-refractivity contribution in [1.29, 1.82) is 0 Å². The van der Waals surface area contributed by atoms with Gasteiger partial charge in [-0.05, 0) is 18.7 Å². The lowest BCUT2D eigenvalue weighted by atomic mass is 10.4. The van der Waals surface area contributed by atoms with Crippen molar-refractivity contribution >= 4 is 28.1 Å². The number of nitrogens with one attached hydrogen (secondary N) is 1. The highest BCUT2D eigenvalue weighted by Crippen LogP contribution is 2.31. The molecule has 0 saturated carbocycles. The van der Waals surface area contributed by atoms with Gasteiger partial charge in [0.1, 0.15) is 5.03 Å². The van der Waals surface area contributed by atoms with E-state index >= 15 is 0 Å². The van der Waals surface area contributed by atoms with E-state index in [1.807, 2.05) is 24.5 Å². The molecule has 19 heavy (non-hydrogen) atoms. The zero-order valence-electron chi connectivity index (χ0n) is 10.5. The maximum Gasteiger partial charge on any atom is 0.194 e. The maximum atomic E-state index is 4.70. The molecule has 0 spiro atoms. The van der Waals surface area contributed by atoms with Gasteiger partial charge in [0.15, 0.2) is 4.96 Å². The largest absolute Gasteiger partial charge is 0.311 e. The Morgan fingerprint density at radius 3 is 3.00 bits per heavy atom. The number of pyridine rings is 1. The summed E-state index contributed by atoms with van der Waals surface area (Å²) in [6.45, 7) is 3.90. The van der Waals surface area contributed by atoms with Crippen LogP contribution in [0.1, 0.15) is 12.6 Å². The second-order valence-corrected chi connectivity index (χ2v) is 5.92. The van der Waals surface area contributed by atoms with Crippen molar-refractivity contribution < 1.29 is 0 Å². The number of nitrogens with zero attached hydrogens (tertiary/aromatic N) is 3. The van der Waals surface area contributed by atoms with Gasteiger partial charge in [0.25, 0.3) is 0 Å². The highest BCUT2D eigenvalue weighted by atomic mass is 32.2. The van der Waals surface area contributed by atoms with Gasteiger partial charge in [0, 0.05) is 35.4 Å². The number of fused-ring (bicyclic) bond motifs is 1. The molecule has 4 nitrogen and oxygen atoms in total. The zero-order chi connectivity index (χ0) is 13.1. The molecular formula is C13H14N4S2. The van der Waals surface area contributed by atoms with Gasteiger partial charge in [-0.25, -0.2) is 4.98 Å². The van der Waals surface area contributed by atoms with Crippen molar-refractivity contribution in [2.24, 2.45) is 0 Å². The van der Waals surface area contributed by atoms with E-state index < -0.39 is 0 Å². The minimum Gasteiger partial charge on any atom is -0.311 e. The molecule has 3 rings (SSSR count). The van der Waals surface area contributed by atoms with E-state index in [1.165, 1.54) is 10.6 Å². The summed E-state index contributed by atoms with van der Waals surface area (Å²) in [6, 6.07) is 4.02. The van der Waals surface area contributed by atoms with Crippen LogP contribution in [0.5, 0.6) is 0 Å². The van der Waals surface area contributed by atoms with Gasteiger partial charge in [-0.3, -0.25) is 9.38 Å². The van der Waals surface area contributed by atoms with E-state index in [0.29, 0.717) is 0 Å². The Morgan fingerprint density at radius 1 is 1.37 bits per heavy atom. The first-order valence-corrected chi connectivity index (χ1v) is 7.81. The molecule has 0 bridgehead atoms. The van der Waals surface area contributed by atoms with Crippen LogP contribution in [-0.2, 0) is 6.54 Å². The molecule has 0 amide bonds. The number of hydrogen-bond donors (Lipinski definition) is 1. The molecule has 98 valence electrons. The van der Waals surface area contributed by atoms with Crippen molar-refractivity contribution in [3.8, 4) is 0 Å². The van der Waals surface area contributed by atoms with E-state index in [2.05, 4.69) is 33.2 Å². The van der Waals surface area contributed by atoms with Gasteiger partial charge in [0.05, 0.1) is 5.69 Å². The molecule has 6 heteroatoms. The molecule has 0 aliphatic carbocycles. The van der Waals surface area contributed by atoms with Crippen LogP contribution in [0, 0.1) is 0 Å². The average Bonchev–Trinajstić information content (AvgIpc) is 2.99. The van der Waals surface area contributed by atoms with Crippen molar-refractivity contribution in [2.75, 3.05) is 6.54 Å². The number of hydrogen-bond acceptors (Lipinski definition) is 5. The number of rotatable bonds is 5. The van der Waals surface area contributed by atoms with E-state index in [-0.39, 0.29) is 0 Å². The monoisotopic (exact) mass is 290 g/mol. The third-order valence-electron chi connectivity index (χ3n) is 2.73. The molecule has 3 aromatic heterocycles. The molecule has 0 aliphatic rings. The molecule has 0 fully saturated rings. The summed E-state index contributed by atoms with van der Waals surface area (Å²) >= 11 is 3.35. The van der Waals surface area contributed by atoms with Crippen molar-refractivity contribution in [3.05, 3.63) is 41.8 Å². The lowest BCUT2D eigenvalue weighted by Gasteiger charge is -2.04. The molecule has 0 unspecified atom stereocenters. The Hall–Kier alpha value is -1.37. The van der Waals surface area contributed by atoms with Crippen molar-refractivity contribution in [3.63, 3.8) is 0 Å². The Morgan fingerprint density at radius 2 is 2.21 bits per heavy atom. The van der Waals surface area contributed by atoms with Gasteiger partial charge < -0.3 is 5.32 Å². The van der Waals surface area contributed by atoms with E-state index in [9.17, 15) is 0 Å². The average molecular weight is 290 g/mol. The second kappa shape index (κ2) is 5.73. The molecule has 0 aliphatic heterocycles. The van der Waals surface area contributed by atoms with Crippen molar-refractivity contribution in [2.45, 2.75) is 23.4 Å². The number of imidazole rings is 1. The van der Waals surface area contributed by atoms with Crippen LogP contribution in [-0.4, -0.2) is 20.9 Å². The van der Waals surface area contributed by atoms with Crippen LogP contribution in [0.3, 0.4) is 0 Å². The predicted molar refractivity (Wildman–Crippen MR) is 78.8 cm³/mol. The summed E-state index contributed by atoms with van der Waals surface area (Å²) in [4.78, 5) is 11.0. The minimum atomic E-state index is 0.835. The zero-order valence-corrected chi connectivity index (χ0v) is 12.2. The van der Waals surface area contributed by atoms with Crippen LogP contribution in [0.15, 0.2) is 46.0 Å². The van der Waals surface area contributed by atoms with Crippen LogP contribution in [0.2, 0.25) is 0 Å². The van der Waals surface area contributed by atoms with Gasteiger partial charge in [0.2, 0.25) is 0 Å². The Labute approximate surface area is 119 Å². The van der Waals surface area contributed by atoms with Gasteiger partial charge in [-0.15, -0.1) is 11.3 Å².